The van der Waals surface area contributed by atoms with Gasteiger partial charge in [-0.3, -0.25) is 0 Å². The van der Waals surface area contributed by atoms with E-state index in [4.69, 9.17) is 21.1 Å². The van der Waals surface area contributed by atoms with E-state index in [2.05, 4.69) is 6.58 Å². The number of halogens is 1. The predicted octanol–water partition coefficient (Wildman–Crippen LogP) is 4.29. The van der Waals surface area contributed by atoms with Crippen LogP contribution >= 0.6 is 11.6 Å². The third kappa shape index (κ3) is 2.63. The summed E-state index contributed by atoms with van der Waals surface area (Å²) in [6.45, 7) is 7.06. The van der Waals surface area contributed by atoms with E-state index in [1.165, 1.54) is 0 Å². The van der Waals surface area contributed by atoms with Crippen molar-refractivity contribution in [2.45, 2.75) is 13.8 Å². The number of hydrogen-bond acceptors (Lipinski definition) is 3. The zero-order valence-electron chi connectivity index (χ0n) is 11.6. The fourth-order valence-corrected chi connectivity index (χ4v) is 2.13. The lowest BCUT2D eigenvalue weighted by molar-refractivity contribution is -0.130. The number of benzene rings is 2. The molecule has 0 spiro atoms. The van der Waals surface area contributed by atoms with Gasteiger partial charge in [-0.2, -0.15) is 0 Å². The number of carbonyl (C=O) groups excluding carboxylic acids is 1. The fourth-order valence-electron chi connectivity index (χ4n) is 1.95. The summed E-state index contributed by atoms with van der Waals surface area (Å²) in [7, 11) is 1.59. The van der Waals surface area contributed by atoms with E-state index in [0.29, 0.717) is 22.1 Å². The van der Waals surface area contributed by atoms with Gasteiger partial charge in [0.2, 0.25) is 0 Å². The minimum atomic E-state index is -0.450. The first-order valence-corrected chi connectivity index (χ1v) is 6.46. The summed E-state index contributed by atoms with van der Waals surface area (Å²) in [5.41, 5.74) is 1.16. The van der Waals surface area contributed by atoms with Crippen LogP contribution in [0, 0.1) is 6.92 Å². The summed E-state index contributed by atoms with van der Waals surface area (Å²) in [6.07, 6.45) is 0. The molecule has 2 aromatic rings. The molecule has 3 nitrogen and oxygen atoms in total. The highest BCUT2D eigenvalue weighted by Crippen LogP contribution is 2.38. The van der Waals surface area contributed by atoms with E-state index < -0.39 is 5.97 Å². The summed E-state index contributed by atoms with van der Waals surface area (Å²) in [6, 6.07) is 7.17. The Morgan fingerprint density at radius 3 is 2.55 bits per heavy atom. The Hall–Kier alpha value is -2.00. The Labute approximate surface area is 122 Å². The Morgan fingerprint density at radius 2 is 1.95 bits per heavy atom. The first kappa shape index (κ1) is 14.4. The van der Waals surface area contributed by atoms with Crippen LogP contribution in [0.1, 0.15) is 12.5 Å². The van der Waals surface area contributed by atoms with Gasteiger partial charge >= 0.3 is 5.97 Å². The van der Waals surface area contributed by atoms with E-state index in [0.717, 1.165) is 16.3 Å². The monoisotopic (exact) mass is 290 g/mol. The molecule has 4 heteroatoms. The minimum Gasteiger partial charge on any atom is -0.496 e. The number of ether oxygens (including phenoxy) is 2. The van der Waals surface area contributed by atoms with Crippen LogP contribution in [0.2, 0.25) is 5.02 Å². The van der Waals surface area contributed by atoms with Gasteiger partial charge in [-0.05, 0) is 43.7 Å². The van der Waals surface area contributed by atoms with Crippen LogP contribution in [0.5, 0.6) is 11.5 Å². The lowest BCUT2D eigenvalue weighted by Crippen LogP contribution is -2.09. The van der Waals surface area contributed by atoms with Crippen LogP contribution in [0.4, 0.5) is 0 Å². The van der Waals surface area contributed by atoms with Crippen molar-refractivity contribution in [1.29, 1.82) is 0 Å². The molecule has 0 amide bonds. The SMILES string of the molecule is C=C(C)C(=O)Oc1c(C)cc(OC)c2cc(Cl)ccc12. The van der Waals surface area contributed by atoms with E-state index >= 15 is 0 Å². The molecule has 2 rings (SSSR count). The number of fused-ring (bicyclic) bond motifs is 1. The summed E-state index contributed by atoms with van der Waals surface area (Å²) in [5, 5.41) is 2.17. The molecule has 2 aromatic carbocycles. The smallest absolute Gasteiger partial charge is 0.338 e. The average Bonchev–Trinajstić information content (AvgIpc) is 2.41. The molecule has 0 aliphatic carbocycles. The first-order chi connectivity index (χ1) is 9.43. The first-order valence-electron chi connectivity index (χ1n) is 6.08. The van der Waals surface area contributed by atoms with Crippen molar-refractivity contribution in [3.05, 3.63) is 47.0 Å². The van der Waals surface area contributed by atoms with Gasteiger partial charge in [0.25, 0.3) is 0 Å². The largest absolute Gasteiger partial charge is 0.496 e. The van der Waals surface area contributed by atoms with E-state index in [1.54, 1.807) is 26.2 Å². The molecule has 0 aromatic heterocycles. The topological polar surface area (TPSA) is 35.5 Å². The molecular weight excluding hydrogens is 276 g/mol. The second kappa shape index (κ2) is 5.55. The molecule has 0 aliphatic heterocycles. The van der Waals surface area contributed by atoms with Crippen LogP contribution in [0.25, 0.3) is 10.8 Å². The molecule has 0 unspecified atom stereocenters. The maximum Gasteiger partial charge on any atom is 0.338 e. The van der Waals surface area contributed by atoms with Gasteiger partial charge in [-0.15, -0.1) is 0 Å². The highest BCUT2D eigenvalue weighted by Gasteiger charge is 2.15. The van der Waals surface area contributed by atoms with Crippen molar-refractivity contribution in [2.75, 3.05) is 7.11 Å². The highest BCUT2D eigenvalue weighted by molar-refractivity contribution is 6.31. The minimum absolute atomic E-state index is 0.349. The highest BCUT2D eigenvalue weighted by atomic mass is 35.5. The van der Waals surface area contributed by atoms with Crippen LogP contribution in [0.3, 0.4) is 0 Å². The van der Waals surface area contributed by atoms with Crippen molar-refractivity contribution in [1.82, 2.24) is 0 Å². The van der Waals surface area contributed by atoms with Gasteiger partial charge in [0, 0.05) is 21.4 Å². The lowest BCUT2D eigenvalue weighted by Gasteiger charge is -2.14. The van der Waals surface area contributed by atoms with Crippen molar-refractivity contribution in [3.8, 4) is 11.5 Å². The normalized spacial score (nSPS) is 10.4. The van der Waals surface area contributed by atoms with Gasteiger partial charge in [-0.25, -0.2) is 4.79 Å². The molecule has 0 radical (unpaired) electrons. The molecule has 0 heterocycles. The third-order valence-corrected chi connectivity index (χ3v) is 3.20. The molecule has 0 N–H and O–H groups in total. The lowest BCUT2D eigenvalue weighted by atomic mass is 10.0. The van der Waals surface area contributed by atoms with E-state index in [1.807, 2.05) is 19.1 Å². The zero-order valence-corrected chi connectivity index (χ0v) is 12.4. The van der Waals surface area contributed by atoms with Gasteiger partial charge in [0.05, 0.1) is 7.11 Å². The fraction of sp³-hybridized carbons (Fsp3) is 0.188. The Kier molecular flexibility index (Phi) is 4.00. The Morgan fingerprint density at radius 1 is 1.25 bits per heavy atom. The van der Waals surface area contributed by atoms with E-state index in [-0.39, 0.29) is 0 Å². The standard InChI is InChI=1S/C16H15ClO3/c1-9(2)16(18)20-15-10(3)7-14(19-4)13-8-11(17)5-6-12(13)15/h5-8H,1H2,2-4H3. The van der Waals surface area contributed by atoms with Gasteiger partial charge in [-0.1, -0.05) is 18.2 Å². The second-order valence-electron chi connectivity index (χ2n) is 4.58. The average molecular weight is 291 g/mol. The predicted molar refractivity (Wildman–Crippen MR) is 80.7 cm³/mol. The summed E-state index contributed by atoms with van der Waals surface area (Å²) >= 11 is 6.02. The van der Waals surface area contributed by atoms with Crippen LogP contribution in [-0.2, 0) is 4.79 Å². The van der Waals surface area contributed by atoms with Crippen LogP contribution in [0.15, 0.2) is 36.4 Å². The van der Waals surface area contributed by atoms with Crippen molar-refractivity contribution >= 4 is 28.3 Å². The number of carbonyl (C=O) groups is 1. The summed E-state index contributed by atoms with van der Waals surface area (Å²) in [5.74, 6) is 0.745. The van der Waals surface area contributed by atoms with Crippen molar-refractivity contribution in [2.24, 2.45) is 0 Å². The number of methoxy groups -OCH3 is 1. The molecule has 0 saturated carbocycles. The maximum atomic E-state index is 11.8. The molecule has 0 atom stereocenters. The van der Waals surface area contributed by atoms with Crippen LogP contribution in [-0.4, -0.2) is 13.1 Å². The molecular formula is C16H15ClO3. The second-order valence-corrected chi connectivity index (χ2v) is 5.02. The molecule has 20 heavy (non-hydrogen) atoms. The Balaban J connectivity index is 2.68. The molecule has 0 saturated heterocycles. The van der Waals surface area contributed by atoms with Crippen molar-refractivity contribution in [3.63, 3.8) is 0 Å². The summed E-state index contributed by atoms with van der Waals surface area (Å²) in [4.78, 5) is 11.8. The molecule has 0 bridgehead atoms. The molecule has 0 aliphatic rings. The number of hydrogen-bond donors (Lipinski definition) is 0. The quantitative estimate of drug-likeness (QED) is 0.480. The van der Waals surface area contributed by atoms with E-state index in [9.17, 15) is 4.79 Å². The Bertz CT molecular complexity index is 704. The zero-order chi connectivity index (χ0) is 14.9. The number of aryl methyl sites for hydroxylation is 1. The maximum absolute atomic E-state index is 11.8. The summed E-state index contributed by atoms with van der Waals surface area (Å²) < 4.78 is 10.8. The molecule has 0 fully saturated rings. The molecule has 104 valence electrons. The number of esters is 1. The third-order valence-electron chi connectivity index (χ3n) is 2.96. The van der Waals surface area contributed by atoms with Gasteiger partial charge in [0.15, 0.2) is 0 Å². The van der Waals surface area contributed by atoms with Crippen molar-refractivity contribution < 1.29 is 14.3 Å². The van der Waals surface area contributed by atoms with Crippen LogP contribution < -0.4 is 9.47 Å². The van der Waals surface area contributed by atoms with Gasteiger partial charge < -0.3 is 9.47 Å². The number of rotatable bonds is 3. The van der Waals surface area contributed by atoms with Gasteiger partial charge in [0.1, 0.15) is 11.5 Å².